The minimum Gasteiger partial charge on any atom is -0.494 e. The first kappa shape index (κ1) is 15.4. The first-order chi connectivity index (χ1) is 10.2. The lowest BCUT2D eigenvalue weighted by molar-refractivity contribution is 0.317. The van der Waals surface area contributed by atoms with Crippen LogP contribution in [0, 0.1) is 0 Å². The highest BCUT2D eigenvalue weighted by Gasteiger charge is 2.01. The second-order valence-corrected chi connectivity index (χ2v) is 5.63. The summed E-state index contributed by atoms with van der Waals surface area (Å²) in [5.74, 6) is 1.50. The van der Waals surface area contributed by atoms with Crippen molar-refractivity contribution in [3.05, 3.63) is 59.7 Å². The molecule has 0 spiro atoms. The Morgan fingerprint density at radius 1 is 1.05 bits per heavy atom. The van der Waals surface area contributed by atoms with E-state index in [1.165, 1.54) is 16.8 Å². The summed E-state index contributed by atoms with van der Waals surface area (Å²) in [6, 6.07) is 16.9. The van der Waals surface area contributed by atoms with Crippen LogP contribution in [0.2, 0.25) is 0 Å². The van der Waals surface area contributed by atoms with Crippen LogP contribution >= 0.6 is 0 Å². The molecule has 2 aromatic rings. The van der Waals surface area contributed by atoms with Gasteiger partial charge in [0.1, 0.15) is 5.75 Å². The van der Waals surface area contributed by atoms with Gasteiger partial charge in [0.15, 0.2) is 0 Å². The Bertz CT molecular complexity index is 563. The van der Waals surface area contributed by atoms with Crippen LogP contribution in [0.4, 0.5) is 5.69 Å². The summed E-state index contributed by atoms with van der Waals surface area (Å²) in [5, 5.41) is 3.48. The van der Waals surface area contributed by atoms with Crippen LogP contribution in [-0.4, -0.2) is 6.61 Å². The van der Waals surface area contributed by atoms with Gasteiger partial charge in [-0.1, -0.05) is 45.0 Å². The van der Waals surface area contributed by atoms with Gasteiger partial charge in [0.25, 0.3) is 0 Å². The number of hydrogen-bond donors (Lipinski definition) is 1. The predicted molar refractivity (Wildman–Crippen MR) is 90.1 cm³/mol. The maximum Gasteiger partial charge on any atom is 0.119 e. The van der Waals surface area contributed by atoms with Crippen molar-refractivity contribution in [2.45, 2.75) is 39.7 Å². The van der Waals surface area contributed by atoms with Crippen molar-refractivity contribution in [2.75, 3.05) is 11.9 Å². The van der Waals surface area contributed by atoms with Crippen molar-refractivity contribution < 1.29 is 4.74 Å². The SMILES string of the molecule is CCCOc1cccc(CNc2cccc(C(C)C)c2)c1. The predicted octanol–water partition coefficient (Wildman–Crippen LogP) is 5.21. The second kappa shape index (κ2) is 7.72. The molecule has 0 fully saturated rings. The van der Waals surface area contributed by atoms with Crippen LogP contribution in [0.1, 0.15) is 44.2 Å². The van der Waals surface area contributed by atoms with Crippen LogP contribution in [0.5, 0.6) is 5.75 Å². The Kier molecular flexibility index (Phi) is 5.68. The maximum absolute atomic E-state index is 5.67. The van der Waals surface area contributed by atoms with Crippen LogP contribution in [0.3, 0.4) is 0 Å². The zero-order chi connectivity index (χ0) is 15.1. The van der Waals surface area contributed by atoms with Crippen molar-refractivity contribution in [3.8, 4) is 5.75 Å². The molecule has 0 bridgehead atoms. The number of hydrogen-bond acceptors (Lipinski definition) is 2. The van der Waals surface area contributed by atoms with E-state index >= 15 is 0 Å². The largest absolute Gasteiger partial charge is 0.494 e. The minimum atomic E-state index is 0.553. The van der Waals surface area contributed by atoms with Crippen molar-refractivity contribution in [3.63, 3.8) is 0 Å². The molecule has 0 aromatic heterocycles. The molecule has 0 heterocycles. The minimum absolute atomic E-state index is 0.553. The highest BCUT2D eigenvalue weighted by atomic mass is 16.5. The van der Waals surface area contributed by atoms with Gasteiger partial charge in [0.2, 0.25) is 0 Å². The highest BCUT2D eigenvalue weighted by Crippen LogP contribution is 2.20. The fourth-order valence-electron chi connectivity index (χ4n) is 2.18. The number of ether oxygens (including phenoxy) is 1. The van der Waals surface area contributed by atoms with Gasteiger partial charge in [-0.25, -0.2) is 0 Å². The van der Waals surface area contributed by atoms with Crippen molar-refractivity contribution in [1.82, 2.24) is 0 Å². The van der Waals surface area contributed by atoms with Crippen molar-refractivity contribution in [1.29, 1.82) is 0 Å². The first-order valence-corrected chi connectivity index (χ1v) is 7.74. The summed E-state index contributed by atoms with van der Waals surface area (Å²) in [5.41, 5.74) is 3.76. The molecule has 0 aliphatic heterocycles. The molecular formula is C19H25NO. The average molecular weight is 283 g/mol. The molecule has 0 aliphatic carbocycles. The third kappa shape index (κ3) is 4.82. The number of benzene rings is 2. The molecule has 2 rings (SSSR count). The average Bonchev–Trinajstić information content (AvgIpc) is 2.51. The lowest BCUT2D eigenvalue weighted by Gasteiger charge is -2.11. The zero-order valence-corrected chi connectivity index (χ0v) is 13.2. The molecule has 0 saturated carbocycles. The van der Waals surface area contributed by atoms with Gasteiger partial charge in [-0.15, -0.1) is 0 Å². The summed E-state index contributed by atoms with van der Waals surface area (Å²) in [7, 11) is 0. The number of rotatable bonds is 7. The molecular weight excluding hydrogens is 258 g/mol. The van der Waals surface area contributed by atoms with E-state index in [0.717, 1.165) is 25.3 Å². The van der Waals surface area contributed by atoms with Gasteiger partial charge >= 0.3 is 0 Å². The fourth-order valence-corrected chi connectivity index (χ4v) is 2.18. The molecule has 2 nitrogen and oxygen atoms in total. The zero-order valence-electron chi connectivity index (χ0n) is 13.2. The lowest BCUT2D eigenvalue weighted by Crippen LogP contribution is -2.01. The van der Waals surface area contributed by atoms with E-state index in [1.807, 2.05) is 12.1 Å². The Morgan fingerprint density at radius 2 is 1.86 bits per heavy atom. The van der Waals surface area contributed by atoms with Gasteiger partial charge in [0.05, 0.1) is 6.61 Å². The van der Waals surface area contributed by atoms with Gasteiger partial charge < -0.3 is 10.1 Å². The number of nitrogens with one attached hydrogen (secondary N) is 1. The summed E-state index contributed by atoms with van der Waals surface area (Å²) in [6.45, 7) is 8.13. The van der Waals surface area contributed by atoms with Gasteiger partial charge in [0, 0.05) is 12.2 Å². The first-order valence-electron chi connectivity index (χ1n) is 7.74. The fraction of sp³-hybridized carbons (Fsp3) is 0.368. The van der Waals surface area contributed by atoms with E-state index in [1.54, 1.807) is 0 Å². The molecule has 0 amide bonds. The Balaban J connectivity index is 1.97. The smallest absolute Gasteiger partial charge is 0.119 e. The molecule has 0 radical (unpaired) electrons. The molecule has 2 heteroatoms. The van der Waals surface area contributed by atoms with Crippen LogP contribution in [0.25, 0.3) is 0 Å². The molecule has 0 atom stereocenters. The summed E-state index contributed by atoms with van der Waals surface area (Å²) in [6.07, 6.45) is 1.03. The number of anilines is 1. The second-order valence-electron chi connectivity index (χ2n) is 5.63. The highest BCUT2D eigenvalue weighted by molar-refractivity contribution is 5.47. The molecule has 2 aromatic carbocycles. The van der Waals surface area contributed by atoms with E-state index in [9.17, 15) is 0 Å². The van der Waals surface area contributed by atoms with E-state index < -0.39 is 0 Å². The molecule has 0 saturated heterocycles. The normalized spacial score (nSPS) is 10.7. The third-order valence-electron chi connectivity index (χ3n) is 3.42. The summed E-state index contributed by atoms with van der Waals surface area (Å²) < 4.78 is 5.67. The van der Waals surface area contributed by atoms with Crippen LogP contribution < -0.4 is 10.1 Å². The summed E-state index contributed by atoms with van der Waals surface area (Å²) in [4.78, 5) is 0. The topological polar surface area (TPSA) is 21.3 Å². The van der Waals surface area contributed by atoms with Crippen molar-refractivity contribution in [2.24, 2.45) is 0 Å². The monoisotopic (exact) mass is 283 g/mol. The Labute approximate surface area is 128 Å². The van der Waals surface area contributed by atoms with E-state index in [0.29, 0.717) is 5.92 Å². The molecule has 0 aliphatic rings. The molecule has 112 valence electrons. The van der Waals surface area contributed by atoms with Gasteiger partial charge in [-0.2, -0.15) is 0 Å². The Morgan fingerprint density at radius 3 is 2.62 bits per heavy atom. The molecule has 1 N–H and O–H groups in total. The van der Waals surface area contributed by atoms with Crippen LogP contribution in [-0.2, 0) is 6.54 Å². The Hall–Kier alpha value is -1.96. The van der Waals surface area contributed by atoms with Gasteiger partial charge in [-0.3, -0.25) is 0 Å². The molecule has 21 heavy (non-hydrogen) atoms. The third-order valence-corrected chi connectivity index (χ3v) is 3.42. The van der Waals surface area contributed by atoms with Crippen LogP contribution in [0.15, 0.2) is 48.5 Å². The molecule has 0 unspecified atom stereocenters. The van der Waals surface area contributed by atoms with E-state index in [4.69, 9.17) is 4.74 Å². The van der Waals surface area contributed by atoms with Crippen molar-refractivity contribution >= 4 is 5.69 Å². The summed E-state index contributed by atoms with van der Waals surface area (Å²) >= 11 is 0. The quantitative estimate of drug-likeness (QED) is 0.753. The standard InChI is InChI=1S/C19H25NO/c1-4-11-21-19-10-5-7-16(12-19)14-20-18-9-6-8-17(13-18)15(2)3/h5-10,12-13,15,20H,4,11,14H2,1-3H3. The van der Waals surface area contributed by atoms with E-state index in [-0.39, 0.29) is 0 Å². The maximum atomic E-state index is 5.67. The van der Waals surface area contributed by atoms with Gasteiger partial charge in [-0.05, 0) is 47.7 Å². The lowest BCUT2D eigenvalue weighted by atomic mass is 10.0. The van der Waals surface area contributed by atoms with E-state index in [2.05, 4.69) is 62.5 Å².